The Morgan fingerprint density at radius 2 is 2.13 bits per heavy atom. The van der Waals surface area contributed by atoms with Gasteiger partial charge in [-0.3, -0.25) is 19.9 Å². The lowest BCUT2D eigenvalue weighted by atomic mass is 10.2. The van der Waals surface area contributed by atoms with Crippen LogP contribution in [0.25, 0.3) is 0 Å². The van der Waals surface area contributed by atoms with E-state index in [4.69, 9.17) is 16.3 Å². The molecule has 0 saturated heterocycles. The Morgan fingerprint density at radius 3 is 2.78 bits per heavy atom. The maximum absolute atomic E-state index is 11.7. The van der Waals surface area contributed by atoms with E-state index in [0.29, 0.717) is 0 Å². The summed E-state index contributed by atoms with van der Waals surface area (Å²) in [5.74, 6) is -1.44. The molecule has 0 aliphatic carbocycles. The first-order chi connectivity index (χ1) is 11.0. The first kappa shape index (κ1) is 16.4. The molecule has 0 radical (unpaired) electrons. The molecule has 23 heavy (non-hydrogen) atoms. The van der Waals surface area contributed by atoms with Gasteiger partial charge in [-0.25, -0.2) is 4.79 Å². The Kier molecular flexibility index (Phi) is 5.21. The van der Waals surface area contributed by atoms with Crippen molar-refractivity contribution in [1.29, 1.82) is 0 Å². The molecule has 2 rings (SSSR count). The fourth-order valence-electron chi connectivity index (χ4n) is 1.65. The number of nitro benzene ring substituents is 1. The van der Waals surface area contributed by atoms with E-state index < -0.39 is 23.4 Å². The average Bonchev–Trinajstić information content (AvgIpc) is 2.55. The zero-order valence-electron chi connectivity index (χ0n) is 11.6. The van der Waals surface area contributed by atoms with E-state index in [0.717, 1.165) is 6.07 Å². The van der Waals surface area contributed by atoms with Gasteiger partial charge >= 0.3 is 5.97 Å². The summed E-state index contributed by atoms with van der Waals surface area (Å²) in [6, 6.07) is 6.83. The summed E-state index contributed by atoms with van der Waals surface area (Å²) in [5, 5.41) is 13.4. The van der Waals surface area contributed by atoms with Crippen LogP contribution >= 0.6 is 11.6 Å². The van der Waals surface area contributed by atoms with E-state index in [1.807, 2.05) is 0 Å². The maximum atomic E-state index is 11.7. The normalized spacial score (nSPS) is 9.96. The standard InChI is InChI=1S/C14H10ClN3O5/c15-10-3-4-11(12(6-10)18(21)22)17-13(19)8-23-14(20)9-2-1-5-16-7-9/h1-7H,8H2,(H,17,19). The van der Waals surface area contributed by atoms with Crippen molar-refractivity contribution in [3.05, 3.63) is 63.4 Å². The lowest BCUT2D eigenvalue weighted by molar-refractivity contribution is -0.383. The van der Waals surface area contributed by atoms with Crippen LogP contribution in [0.15, 0.2) is 42.7 Å². The van der Waals surface area contributed by atoms with Gasteiger partial charge in [0.15, 0.2) is 6.61 Å². The first-order valence-electron chi connectivity index (χ1n) is 6.28. The number of rotatable bonds is 5. The molecule has 118 valence electrons. The van der Waals surface area contributed by atoms with E-state index in [1.165, 1.54) is 30.6 Å². The Balaban J connectivity index is 1.98. The van der Waals surface area contributed by atoms with Crippen molar-refractivity contribution in [1.82, 2.24) is 4.98 Å². The van der Waals surface area contributed by atoms with Crippen molar-refractivity contribution in [3.8, 4) is 0 Å². The average molecular weight is 336 g/mol. The highest BCUT2D eigenvalue weighted by Gasteiger charge is 2.17. The van der Waals surface area contributed by atoms with Crippen LogP contribution in [0.3, 0.4) is 0 Å². The third-order valence-electron chi connectivity index (χ3n) is 2.66. The minimum atomic E-state index is -0.723. The second kappa shape index (κ2) is 7.32. The van der Waals surface area contributed by atoms with Gasteiger partial charge in [0.1, 0.15) is 5.69 Å². The number of anilines is 1. The Morgan fingerprint density at radius 1 is 1.35 bits per heavy atom. The summed E-state index contributed by atoms with van der Waals surface area (Å²) in [6.07, 6.45) is 2.79. The molecule has 1 aromatic carbocycles. The SMILES string of the molecule is O=C(COC(=O)c1cccnc1)Nc1ccc(Cl)cc1[N+](=O)[O-]. The highest BCUT2D eigenvalue weighted by molar-refractivity contribution is 6.31. The highest BCUT2D eigenvalue weighted by Crippen LogP contribution is 2.27. The molecule has 0 fully saturated rings. The zero-order chi connectivity index (χ0) is 16.8. The number of nitrogens with one attached hydrogen (secondary N) is 1. The molecule has 8 nitrogen and oxygen atoms in total. The minimum Gasteiger partial charge on any atom is -0.452 e. The van der Waals surface area contributed by atoms with Crippen molar-refractivity contribution in [2.45, 2.75) is 0 Å². The van der Waals surface area contributed by atoms with Crippen LogP contribution in [0.4, 0.5) is 11.4 Å². The molecule has 0 bridgehead atoms. The first-order valence-corrected chi connectivity index (χ1v) is 6.66. The molecule has 0 unspecified atom stereocenters. The summed E-state index contributed by atoms with van der Waals surface area (Å²) in [6.45, 7) is -0.590. The van der Waals surface area contributed by atoms with E-state index in [1.54, 1.807) is 6.07 Å². The number of nitrogens with zero attached hydrogens (tertiary/aromatic N) is 2. The number of carbonyl (C=O) groups excluding carboxylic acids is 2. The molecular weight excluding hydrogens is 326 g/mol. The number of esters is 1. The fraction of sp³-hybridized carbons (Fsp3) is 0.0714. The summed E-state index contributed by atoms with van der Waals surface area (Å²) in [4.78, 5) is 37.4. The number of hydrogen-bond acceptors (Lipinski definition) is 6. The molecule has 9 heteroatoms. The fourth-order valence-corrected chi connectivity index (χ4v) is 1.81. The Hall–Kier alpha value is -3.00. The van der Waals surface area contributed by atoms with Crippen molar-refractivity contribution in [3.63, 3.8) is 0 Å². The summed E-state index contributed by atoms with van der Waals surface area (Å²) >= 11 is 5.68. The molecule has 1 amide bonds. The van der Waals surface area contributed by atoms with Gasteiger partial charge in [0.25, 0.3) is 11.6 Å². The highest BCUT2D eigenvalue weighted by atomic mass is 35.5. The number of carbonyl (C=O) groups is 2. The minimum absolute atomic E-state index is 0.0400. The predicted molar refractivity (Wildman–Crippen MR) is 81.3 cm³/mol. The molecule has 0 aliphatic heterocycles. The number of hydrogen-bond donors (Lipinski definition) is 1. The molecule has 1 N–H and O–H groups in total. The summed E-state index contributed by atoms with van der Waals surface area (Å²) in [5.41, 5.74) is -0.205. The molecule has 1 heterocycles. The van der Waals surface area contributed by atoms with Crippen LogP contribution < -0.4 is 5.32 Å². The van der Waals surface area contributed by atoms with E-state index >= 15 is 0 Å². The second-order valence-electron chi connectivity index (χ2n) is 4.28. The molecular formula is C14H10ClN3O5. The van der Waals surface area contributed by atoms with Crippen LogP contribution in [0.1, 0.15) is 10.4 Å². The molecule has 0 spiro atoms. The number of nitro groups is 1. The van der Waals surface area contributed by atoms with Gasteiger partial charge < -0.3 is 10.1 Å². The zero-order valence-corrected chi connectivity index (χ0v) is 12.3. The van der Waals surface area contributed by atoms with Crippen LogP contribution in [-0.2, 0) is 9.53 Å². The van der Waals surface area contributed by atoms with Gasteiger partial charge in [0, 0.05) is 23.5 Å². The van der Waals surface area contributed by atoms with Crippen molar-refractivity contribution >= 4 is 34.9 Å². The number of pyridine rings is 1. The van der Waals surface area contributed by atoms with Gasteiger partial charge in [-0.1, -0.05) is 11.6 Å². The van der Waals surface area contributed by atoms with Crippen molar-refractivity contribution < 1.29 is 19.2 Å². The summed E-state index contributed by atoms with van der Waals surface area (Å²) < 4.78 is 4.80. The van der Waals surface area contributed by atoms with Crippen LogP contribution in [0.5, 0.6) is 0 Å². The molecule has 1 aromatic heterocycles. The van der Waals surface area contributed by atoms with E-state index in [-0.39, 0.29) is 22.0 Å². The van der Waals surface area contributed by atoms with Gasteiger partial charge in [-0.2, -0.15) is 0 Å². The molecule has 0 atom stereocenters. The van der Waals surface area contributed by atoms with Gasteiger partial charge in [0.2, 0.25) is 0 Å². The molecule has 2 aromatic rings. The predicted octanol–water partition coefficient (Wildman–Crippen LogP) is 2.44. The largest absolute Gasteiger partial charge is 0.452 e. The van der Waals surface area contributed by atoms with Crippen molar-refractivity contribution in [2.75, 3.05) is 11.9 Å². The lowest BCUT2D eigenvalue weighted by Gasteiger charge is -2.07. The van der Waals surface area contributed by atoms with Crippen LogP contribution in [0, 0.1) is 10.1 Å². The number of ether oxygens (including phenoxy) is 1. The summed E-state index contributed by atoms with van der Waals surface area (Å²) in [7, 11) is 0. The number of aromatic nitrogens is 1. The third-order valence-corrected chi connectivity index (χ3v) is 2.90. The number of halogens is 1. The Bertz CT molecular complexity index is 751. The monoisotopic (exact) mass is 335 g/mol. The number of amides is 1. The van der Waals surface area contributed by atoms with Crippen LogP contribution in [-0.4, -0.2) is 28.4 Å². The van der Waals surface area contributed by atoms with Gasteiger partial charge in [0.05, 0.1) is 10.5 Å². The van der Waals surface area contributed by atoms with Crippen LogP contribution in [0.2, 0.25) is 5.02 Å². The number of benzene rings is 1. The quantitative estimate of drug-likeness (QED) is 0.510. The lowest BCUT2D eigenvalue weighted by Crippen LogP contribution is -2.21. The maximum Gasteiger partial charge on any atom is 0.340 e. The molecule has 0 aliphatic rings. The smallest absolute Gasteiger partial charge is 0.340 e. The molecule has 0 saturated carbocycles. The van der Waals surface area contributed by atoms with E-state index in [2.05, 4.69) is 10.3 Å². The second-order valence-corrected chi connectivity index (χ2v) is 4.72. The van der Waals surface area contributed by atoms with Crippen molar-refractivity contribution in [2.24, 2.45) is 0 Å². The van der Waals surface area contributed by atoms with Gasteiger partial charge in [-0.15, -0.1) is 0 Å². The Labute approximate surface area is 135 Å². The van der Waals surface area contributed by atoms with Gasteiger partial charge in [-0.05, 0) is 24.3 Å². The topological polar surface area (TPSA) is 111 Å². The van der Waals surface area contributed by atoms with E-state index in [9.17, 15) is 19.7 Å². The third kappa shape index (κ3) is 4.48.